The van der Waals surface area contributed by atoms with Gasteiger partial charge in [-0.15, -0.1) is 0 Å². The molecule has 0 spiro atoms. The van der Waals surface area contributed by atoms with E-state index in [9.17, 15) is 0 Å². The summed E-state index contributed by atoms with van der Waals surface area (Å²) in [6.07, 6.45) is 0.979. The van der Waals surface area contributed by atoms with Crippen molar-refractivity contribution in [2.45, 2.75) is 12.5 Å². The number of likely N-dealkylation sites (N-methyl/N-ethyl adjacent to an activating group) is 1. The van der Waals surface area contributed by atoms with Crippen molar-refractivity contribution in [3.63, 3.8) is 0 Å². The van der Waals surface area contributed by atoms with Crippen molar-refractivity contribution in [2.75, 3.05) is 7.05 Å². The first-order valence-corrected chi connectivity index (χ1v) is 7.45. The van der Waals surface area contributed by atoms with Gasteiger partial charge in [0.05, 0.1) is 0 Å². The van der Waals surface area contributed by atoms with E-state index in [2.05, 4.69) is 85.7 Å². The molecule has 0 aliphatic rings. The van der Waals surface area contributed by atoms with Crippen LogP contribution in [0, 0.1) is 0 Å². The molecule has 0 saturated heterocycles. The third kappa shape index (κ3) is 3.67. The van der Waals surface area contributed by atoms with E-state index in [1.54, 1.807) is 0 Å². The lowest BCUT2D eigenvalue weighted by molar-refractivity contribution is 0.591. The molecule has 0 saturated carbocycles. The minimum Gasteiger partial charge on any atom is -0.313 e. The van der Waals surface area contributed by atoms with E-state index in [-0.39, 0.29) is 0 Å². The molecular formula is C15H15Br2N. The van der Waals surface area contributed by atoms with Gasteiger partial charge in [0.1, 0.15) is 0 Å². The summed E-state index contributed by atoms with van der Waals surface area (Å²) in [5.41, 5.74) is 2.62. The second-order valence-electron chi connectivity index (χ2n) is 4.23. The van der Waals surface area contributed by atoms with Gasteiger partial charge in [-0.05, 0) is 48.9 Å². The standard InChI is InChI=1S/C15H15Br2N/c1-18-15(12-5-3-7-14(17)10-12)9-11-4-2-6-13(16)8-11/h2-8,10,15,18H,9H2,1H3. The fourth-order valence-corrected chi connectivity index (χ4v) is 2.87. The highest BCUT2D eigenvalue weighted by Gasteiger charge is 2.10. The molecule has 0 fully saturated rings. The predicted octanol–water partition coefficient (Wildman–Crippen LogP) is 4.71. The van der Waals surface area contributed by atoms with Crippen LogP contribution in [0.15, 0.2) is 57.5 Å². The molecule has 0 aromatic heterocycles. The largest absolute Gasteiger partial charge is 0.313 e. The Morgan fingerprint density at radius 3 is 2.28 bits per heavy atom. The average Bonchev–Trinajstić information content (AvgIpc) is 2.36. The SMILES string of the molecule is CNC(Cc1cccc(Br)c1)c1cccc(Br)c1. The molecule has 0 aliphatic heterocycles. The maximum absolute atomic E-state index is 3.52. The minimum absolute atomic E-state index is 0.330. The van der Waals surface area contributed by atoms with Gasteiger partial charge in [-0.1, -0.05) is 56.1 Å². The zero-order valence-corrected chi connectivity index (χ0v) is 13.3. The molecular weight excluding hydrogens is 354 g/mol. The fourth-order valence-electron chi connectivity index (χ4n) is 2.01. The van der Waals surface area contributed by atoms with Crippen molar-refractivity contribution in [2.24, 2.45) is 0 Å². The molecule has 0 aliphatic carbocycles. The van der Waals surface area contributed by atoms with Crippen molar-refractivity contribution >= 4 is 31.9 Å². The summed E-state index contributed by atoms with van der Waals surface area (Å²) in [5.74, 6) is 0. The molecule has 2 rings (SSSR count). The van der Waals surface area contributed by atoms with Gasteiger partial charge >= 0.3 is 0 Å². The first-order chi connectivity index (χ1) is 8.69. The molecule has 0 heterocycles. The second kappa shape index (κ2) is 6.50. The van der Waals surface area contributed by atoms with Gasteiger partial charge in [-0.2, -0.15) is 0 Å². The van der Waals surface area contributed by atoms with Gasteiger partial charge in [-0.25, -0.2) is 0 Å². The maximum atomic E-state index is 3.52. The number of hydrogen-bond acceptors (Lipinski definition) is 1. The predicted molar refractivity (Wildman–Crippen MR) is 83.8 cm³/mol. The molecule has 94 valence electrons. The Bertz CT molecular complexity index is 525. The second-order valence-corrected chi connectivity index (χ2v) is 6.06. The lowest BCUT2D eigenvalue weighted by atomic mass is 9.99. The minimum atomic E-state index is 0.330. The zero-order valence-electron chi connectivity index (χ0n) is 10.2. The molecule has 0 radical (unpaired) electrons. The van der Waals surface area contributed by atoms with Gasteiger partial charge < -0.3 is 5.32 Å². The van der Waals surface area contributed by atoms with Gasteiger partial charge in [-0.3, -0.25) is 0 Å². The van der Waals surface area contributed by atoms with Gasteiger partial charge in [0, 0.05) is 15.0 Å². The molecule has 1 unspecified atom stereocenters. The van der Waals surface area contributed by atoms with Crippen LogP contribution < -0.4 is 5.32 Å². The molecule has 3 heteroatoms. The molecule has 0 amide bonds. The van der Waals surface area contributed by atoms with Crippen LogP contribution >= 0.6 is 31.9 Å². The van der Waals surface area contributed by atoms with Gasteiger partial charge in [0.2, 0.25) is 0 Å². The number of halogens is 2. The van der Waals surface area contributed by atoms with E-state index in [4.69, 9.17) is 0 Å². The highest BCUT2D eigenvalue weighted by Crippen LogP contribution is 2.22. The van der Waals surface area contributed by atoms with Crippen LogP contribution in [0.25, 0.3) is 0 Å². The third-order valence-electron chi connectivity index (χ3n) is 2.93. The number of hydrogen-bond donors (Lipinski definition) is 1. The Morgan fingerprint density at radius 2 is 1.67 bits per heavy atom. The Labute approximate surface area is 125 Å². The quantitative estimate of drug-likeness (QED) is 0.823. The topological polar surface area (TPSA) is 12.0 Å². The van der Waals surface area contributed by atoms with E-state index in [0.29, 0.717) is 6.04 Å². The number of rotatable bonds is 4. The Balaban J connectivity index is 2.19. The molecule has 1 atom stereocenters. The highest BCUT2D eigenvalue weighted by atomic mass is 79.9. The highest BCUT2D eigenvalue weighted by molar-refractivity contribution is 9.10. The Hall–Kier alpha value is -0.640. The normalized spacial score (nSPS) is 12.4. The van der Waals surface area contributed by atoms with E-state index >= 15 is 0 Å². The summed E-state index contributed by atoms with van der Waals surface area (Å²) >= 11 is 7.04. The summed E-state index contributed by atoms with van der Waals surface area (Å²) in [6.45, 7) is 0. The zero-order chi connectivity index (χ0) is 13.0. The molecule has 2 aromatic carbocycles. The van der Waals surface area contributed by atoms with Crippen LogP contribution in [0.5, 0.6) is 0 Å². The van der Waals surface area contributed by atoms with Crippen molar-refractivity contribution in [3.8, 4) is 0 Å². The summed E-state index contributed by atoms with van der Waals surface area (Å²) in [7, 11) is 2.00. The van der Waals surface area contributed by atoms with E-state index in [0.717, 1.165) is 15.4 Å². The van der Waals surface area contributed by atoms with Crippen molar-refractivity contribution in [1.29, 1.82) is 0 Å². The maximum Gasteiger partial charge on any atom is 0.0358 e. The molecule has 18 heavy (non-hydrogen) atoms. The fraction of sp³-hybridized carbons (Fsp3) is 0.200. The first-order valence-electron chi connectivity index (χ1n) is 5.86. The summed E-state index contributed by atoms with van der Waals surface area (Å²) in [5, 5.41) is 3.38. The van der Waals surface area contributed by atoms with Crippen LogP contribution in [-0.2, 0) is 6.42 Å². The summed E-state index contributed by atoms with van der Waals surface area (Å²) in [6, 6.07) is 17.2. The molecule has 1 nitrogen and oxygen atoms in total. The van der Waals surface area contributed by atoms with Gasteiger partial charge in [0.15, 0.2) is 0 Å². The first kappa shape index (κ1) is 13.8. The smallest absolute Gasteiger partial charge is 0.0358 e. The van der Waals surface area contributed by atoms with Crippen molar-refractivity contribution < 1.29 is 0 Å². The van der Waals surface area contributed by atoms with Crippen molar-refractivity contribution in [3.05, 3.63) is 68.6 Å². The summed E-state index contributed by atoms with van der Waals surface area (Å²) < 4.78 is 2.25. The number of nitrogens with one attached hydrogen (secondary N) is 1. The average molecular weight is 369 g/mol. The van der Waals surface area contributed by atoms with Crippen LogP contribution in [0.2, 0.25) is 0 Å². The van der Waals surface area contributed by atoms with Crippen LogP contribution in [0.3, 0.4) is 0 Å². The van der Waals surface area contributed by atoms with Crippen molar-refractivity contribution in [1.82, 2.24) is 5.32 Å². The molecule has 0 bridgehead atoms. The lowest BCUT2D eigenvalue weighted by Gasteiger charge is -2.17. The van der Waals surface area contributed by atoms with Gasteiger partial charge in [0.25, 0.3) is 0 Å². The monoisotopic (exact) mass is 367 g/mol. The van der Waals surface area contributed by atoms with Crippen LogP contribution in [-0.4, -0.2) is 7.05 Å². The van der Waals surface area contributed by atoms with Crippen LogP contribution in [0.1, 0.15) is 17.2 Å². The summed E-state index contributed by atoms with van der Waals surface area (Å²) in [4.78, 5) is 0. The Morgan fingerprint density at radius 1 is 1.00 bits per heavy atom. The van der Waals surface area contributed by atoms with E-state index in [1.165, 1.54) is 11.1 Å². The number of benzene rings is 2. The Kier molecular flexibility index (Phi) is 4.98. The lowest BCUT2D eigenvalue weighted by Crippen LogP contribution is -2.18. The van der Waals surface area contributed by atoms with E-state index < -0.39 is 0 Å². The molecule has 1 N–H and O–H groups in total. The van der Waals surface area contributed by atoms with Crippen LogP contribution in [0.4, 0.5) is 0 Å². The molecule has 2 aromatic rings. The third-order valence-corrected chi connectivity index (χ3v) is 3.91. The van der Waals surface area contributed by atoms with E-state index in [1.807, 2.05) is 7.05 Å².